The molecule has 0 radical (unpaired) electrons. The van der Waals surface area contributed by atoms with E-state index < -0.39 is 0 Å². The SMILES string of the molecule is CN=C(NCCN1c2ccccc2CC1C)N1CCC(c2cnn(C)c2)C1.I. The Morgan fingerprint density at radius 1 is 1.32 bits per heavy atom. The number of aromatic nitrogens is 2. The van der Waals surface area contributed by atoms with E-state index in [0.717, 1.165) is 45.0 Å². The van der Waals surface area contributed by atoms with Crippen LogP contribution in [0, 0.1) is 0 Å². The van der Waals surface area contributed by atoms with Crippen LogP contribution in [0.2, 0.25) is 0 Å². The molecule has 152 valence electrons. The maximum atomic E-state index is 4.52. The van der Waals surface area contributed by atoms with Crippen molar-refractivity contribution < 1.29 is 0 Å². The Hall–Kier alpha value is -1.77. The summed E-state index contributed by atoms with van der Waals surface area (Å²) in [5.74, 6) is 1.56. The van der Waals surface area contributed by atoms with Gasteiger partial charge in [-0.3, -0.25) is 9.67 Å². The van der Waals surface area contributed by atoms with Crippen molar-refractivity contribution in [1.82, 2.24) is 20.0 Å². The number of para-hydroxylation sites is 1. The summed E-state index contributed by atoms with van der Waals surface area (Å²) >= 11 is 0. The molecule has 1 fully saturated rings. The van der Waals surface area contributed by atoms with Gasteiger partial charge in [-0.2, -0.15) is 5.10 Å². The topological polar surface area (TPSA) is 48.7 Å². The first-order valence-corrected chi connectivity index (χ1v) is 9.94. The molecule has 1 aromatic carbocycles. The number of nitrogens with zero attached hydrogens (tertiary/aromatic N) is 5. The second-order valence-corrected chi connectivity index (χ2v) is 7.73. The van der Waals surface area contributed by atoms with Crippen molar-refractivity contribution >= 4 is 35.6 Å². The molecule has 1 saturated heterocycles. The van der Waals surface area contributed by atoms with E-state index in [1.807, 2.05) is 25.0 Å². The highest BCUT2D eigenvalue weighted by molar-refractivity contribution is 14.0. The highest BCUT2D eigenvalue weighted by atomic mass is 127. The van der Waals surface area contributed by atoms with Crippen LogP contribution in [0.25, 0.3) is 0 Å². The van der Waals surface area contributed by atoms with Gasteiger partial charge in [0.15, 0.2) is 5.96 Å². The van der Waals surface area contributed by atoms with E-state index in [4.69, 9.17) is 0 Å². The zero-order valence-electron chi connectivity index (χ0n) is 17.0. The lowest BCUT2D eigenvalue weighted by atomic mass is 10.0. The van der Waals surface area contributed by atoms with Crippen LogP contribution in [0.5, 0.6) is 0 Å². The third-order valence-corrected chi connectivity index (χ3v) is 5.88. The van der Waals surface area contributed by atoms with Gasteiger partial charge in [-0.05, 0) is 37.0 Å². The van der Waals surface area contributed by atoms with Crippen molar-refractivity contribution in [3.8, 4) is 0 Å². The Morgan fingerprint density at radius 3 is 2.89 bits per heavy atom. The quantitative estimate of drug-likeness (QED) is 0.404. The number of anilines is 1. The van der Waals surface area contributed by atoms with Crippen molar-refractivity contribution in [2.45, 2.75) is 31.7 Å². The van der Waals surface area contributed by atoms with E-state index in [9.17, 15) is 0 Å². The fourth-order valence-electron chi connectivity index (χ4n) is 4.47. The molecule has 0 amide bonds. The fraction of sp³-hybridized carbons (Fsp3) is 0.524. The number of guanidine groups is 1. The van der Waals surface area contributed by atoms with Crippen LogP contribution in [0.4, 0.5) is 5.69 Å². The summed E-state index contributed by atoms with van der Waals surface area (Å²) in [6.45, 7) is 6.26. The summed E-state index contributed by atoms with van der Waals surface area (Å²) in [4.78, 5) is 9.41. The number of fused-ring (bicyclic) bond motifs is 1. The van der Waals surface area contributed by atoms with Gasteiger partial charge in [-0.25, -0.2) is 0 Å². The molecule has 0 spiro atoms. The summed E-state index contributed by atoms with van der Waals surface area (Å²) in [6, 6.07) is 9.33. The Bertz CT molecular complexity index is 817. The smallest absolute Gasteiger partial charge is 0.193 e. The predicted molar refractivity (Wildman–Crippen MR) is 126 cm³/mol. The molecule has 1 aromatic heterocycles. The van der Waals surface area contributed by atoms with Gasteiger partial charge in [0.1, 0.15) is 0 Å². The van der Waals surface area contributed by atoms with Crippen LogP contribution in [-0.4, -0.2) is 59.9 Å². The van der Waals surface area contributed by atoms with Crippen LogP contribution in [0.15, 0.2) is 41.7 Å². The van der Waals surface area contributed by atoms with Crippen molar-refractivity contribution in [2.24, 2.45) is 12.0 Å². The molecule has 6 nitrogen and oxygen atoms in total. The minimum atomic E-state index is 0. The average molecular weight is 494 g/mol. The Kier molecular flexibility index (Phi) is 6.85. The van der Waals surface area contributed by atoms with Gasteiger partial charge in [0.05, 0.1) is 6.20 Å². The van der Waals surface area contributed by atoms with Crippen molar-refractivity contribution in [1.29, 1.82) is 0 Å². The number of nitrogens with one attached hydrogen (secondary N) is 1. The number of benzene rings is 1. The van der Waals surface area contributed by atoms with E-state index in [1.54, 1.807) is 0 Å². The van der Waals surface area contributed by atoms with Gasteiger partial charge >= 0.3 is 0 Å². The molecular formula is C21H31IN6. The molecule has 2 aliphatic rings. The molecule has 0 aliphatic carbocycles. The zero-order valence-corrected chi connectivity index (χ0v) is 19.3. The van der Waals surface area contributed by atoms with Crippen molar-refractivity contribution in [3.63, 3.8) is 0 Å². The van der Waals surface area contributed by atoms with Gasteiger partial charge in [-0.1, -0.05) is 18.2 Å². The molecule has 3 heterocycles. The first-order chi connectivity index (χ1) is 13.2. The standard InChI is InChI=1S/C21H30N6.HI/c1-16-12-17-6-4-5-7-20(17)27(16)11-9-23-21(22-2)26-10-8-18(15-26)19-13-24-25(3)14-19;/h4-7,13-14,16,18H,8-12,15H2,1-3H3,(H,22,23);1H. The number of aliphatic imine (C=N–C) groups is 1. The zero-order chi connectivity index (χ0) is 18.8. The lowest BCUT2D eigenvalue weighted by molar-refractivity contribution is 0.485. The van der Waals surface area contributed by atoms with Gasteiger partial charge < -0.3 is 15.1 Å². The van der Waals surface area contributed by atoms with Crippen LogP contribution in [0.3, 0.4) is 0 Å². The number of hydrogen-bond acceptors (Lipinski definition) is 3. The normalized spacial score (nSPS) is 21.6. The molecule has 2 aromatic rings. The number of hydrogen-bond donors (Lipinski definition) is 1. The predicted octanol–water partition coefficient (Wildman–Crippen LogP) is 2.85. The molecule has 4 rings (SSSR count). The van der Waals surface area contributed by atoms with E-state index >= 15 is 0 Å². The van der Waals surface area contributed by atoms with E-state index in [1.165, 1.54) is 16.8 Å². The third kappa shape index (κ3) is 4.29. The molecule has 0 saturated carbocycles. The van der Waals surface area contributed by atoms with Crippen LogP contribution in [0.1, 0.15) is 30.4 Å². The number of halogens is 1. The Morgan fingerprint density at radius 2 is 2.14 bits per heavy atom. The van der Waals surface area contributed by atoms with Gasteiger partial charge in [-0.15, -0.1) is 24.0 Å². The van der Waals surface area contributed by atoms with Crippen LogP contribution < -0.4 is 10.2 Å². The molecule has 28 heavy (non-hydrogen) atoms. The third-order valence-electron chi connectivity index (χ3n) is 5.88. The van der Waals surface area contributed by atoms with Crippen molar-refractivity contribution in [2.75, 3.05) is 38.1 Å². The van der Waals surface area contributed by atoms with Gasteiger partial charge in [0.2, 0.25) is 0 Å². The van der Waals surface area contributed by atoms with Crippen molar-refractivity contribution in [3.05, 3.63) is 47.8 Å². The summed E-state index contributed by atoms with van der Waals surface area (Å²) in [5, 5.41) is 7.90. The average Bonchev–Trinajstić information content (AvgIpc) is 3.38. The minimum absolute atomic E-state index is 0. The summed E-state index contributed by atoms with van der Waals surface area (Å²) < 4.78 is 1.89. The lowest BCUT2D eigenvalue weighted by Crippen LogP contribution is -2.44. The number of aryl methyl sites for hydroxylation is 1. The van der Waals surface area contributed by atoms with Gasteiger partial charge in [0.25, 0.3) is 0 Å². The molecule has 0 bridgehead atoms. The highest BCUT2D eigenvalue weighted by Gasteiger charge is 2.28. The van der Waals surface area contributed by atoms with Gasteiger partial charge in [0, 0.05) is 64.1 Å². The summed E-state index contributed by atoms with van der Waals surface area (Å²) in [7, 11) is 3.86. The van der Waals surface area contributed by atoms with Crippen LogP contribution >= 0.6 is 24.0 Å². The monoisotopic (exact) mass is 494 g/mol. The lowest BCUT2D eigenvalue weighted by Gasteiger charge is -2.27. The molecule has 1 N–H and O–H groups in total. The maximum absolute atomic E-state index is 4.52. The largest absolute Gasteiger partial charge is 0.367 e. The second kappa shape index (κ2) is 9.15. The molecular weight excluding hydrogens is 463 g/mol. The molecule has 7 heteroatoms. The molecule has 2 aliphatic heterocycles. The number of likely N-dealkylation sites (tertiary alicyclic amines) is 1. The minimum Gasteiger partial charge on any atom is -0.367 e. The van der Waals surface area contributed by atoms with E-state index in [0.29, 0.717) is 12.0 Å². The fourth-order valence-corrected chi connectivity index (χ4v) is 4.47. The molecule has 2 atom stereocenters. The van der Waals surface area contributed by atoms with Crippen LogP contribution in [-0.2, 0) is 13.5 Å². The molecule has 2 unspecified atom stereocenters. The summed E-state index contributed by atoms with van der Waals surface area (Å²) in [5.41, 5.74) is 4.19. The highest BCUT2D eigenvalue weighted by Crippen LogP contribution is 2.31. The Labute approximate surface area is 185 Å². The number of rotatable bonds is 4. The Balaban J connectivity index is 0.00000225. The summed E-state index contributed by atoms with van der Waals surface area (Å²) in [6.07, 6.45) is 6.43. The first-order valence-electron chi connectivity index (χ1n) is 9.94. The second-order valence-electron chi connectivity index (χ2n) is 7.73. The van der Waals surface area contributed by atoms with E-state index in [2.05, 4.69) is 62.6 Å². The van der Waals surface area contributed by atoms with E-state index in [-0.39, 0.29) is 24.0 Å². The maximum Gasteiger partial charge on any atom is 0.193 e. The first kappa shape index (κ1) is 21.0.